The molecule has 0 radical (unpaired) electrons. The van der Waals surface area contributed by atoms with Gasteiger partial charge in [0, 0.05) is 6.61 Å². The number of nitrogens with one attached hydrogen (secondary N) is 1. The van der Waals surface area contributed by atoms with E-state index in [9.17, 15) is 4.79 Å². The van der Waals surface area contributed by atoms with Gasteiger partial charge in [-0.25, -0.2) is 5.84 Å². The predicted octanol–water partition coefficient (Wildman–Crippen LogP) is 1.13. The minimum atomic E-state index is -0.408. The van der Waals surface area contributed by atoms with E-state index in [1.54, 1.807) is 0 Å². The summed E-state index contributed by atoms with van der Waals surface area (Å²) in [6, 6.07) is 0. The van der Waals surface area contributed by atoms with Crippen LogP contribution in [-0.2, 0) is 9.53 Å². The highest BCUT2D eigenvalue weighted by Crippen LogP contribution is 2.03. The van der Waals surface area contributed by atoms with Crippen molar-refractivity contribution >= 4 is 5.91 Å². The number of amides is 1. The fourth-order valence-electron chi connectivity index (χ4n) is 1.10. The summed E-state index contributed by atoms with van der Waals surface area (Å²) in [4.78, 5) is 11.2. The second-order valence-corrected chi connectivity index (χ2v) is 3.09. The highest BCUT2D eigenvalue weighted by molar-refractivity contribution is 5.80. The van der Waals surface area contributed by atoms with Gasteiger partial charge in [0.05, 0.1) is 0 Å². The van der Waals surface area contributed by atoms with Crippen LogP contribution >= 0.6 is 0 Å². The summed E-state index contributed by atoms with van der Waals surface area (Å²) in [6.07, 6.45) is 4.83. The van der Waals surface area contributed by atoms with Crippen LogP contribution in [0.2, 0.25) is 0 Å². The smallest absolute Gasteiger partial charge is 0.262 e. The molecule has 0 aliphatic heterocycles. The van der Waals surface area contributed by atoms with Gasteiger partial charge >= 0.3 is 0 Å². The first-order valence-electron chi connectivity index (χ1n) is 4.99. The number of hydrogen-bond acceptors (Lipinski definition) is 3. The summed E-state index contributed by atoms with van der Waals surface area (Å²) in [5.41, 5.74) is 2.11. The van der Waals surface area contributed by atoms with Gasteiger partial charge in [0.2, 0.25) is 0 Å². The van der Waals surface area contributed by atoms with E-state index in [4.69, 9.17) is 10.6 Å². The molecule has 0 aliphatic carbocycles. The molecule has 1 amide bonds. The first kappa shape index (κ1) is 13.1. The fraction of sp³-hybridized carbons (Fsp3) is 0.700. The molecule has 0 spiro atoms. The van der Waals surface area contributed by atoms with E-state index < -0.39 is 6.10 Å². The molecule has 0 aromatic carbocycles. The molecule has 0 aromatic rings. The average Bonchev–Trinajstić information content (AvgIpc) is 2.21. The molecular formula is C10H20N2O2. The molecular weight excluding hydrogens is 180 g/mol. The Labute approximate surface area is 85.5 Å². The zero-order valence-electron chi connectivity index (χ0n) is 8.79. The molecule has 0 rings (SSSR count). The largest absolute Gasteiger partial charge is 0.368 e. The zero-order chi connectivity index (χ0) is 10.8. The molecule has 3 N–H and O–H groups in total. The Bertz CT molecular complexity index is 172. The molecule has 0 aromatic heterocycles. The quantitative estimate of drug-likeness (QED) is 0.203. The third-order valence-corrected chi connectivity index (χ3v) is 1.86. The lowest BCUT2D eigenvalue weighted by molar-refractivity contribution is -0.133. The minimum absolute atomic E-state index is 0.245. The molecule has 0 bridgehead atoms. The second kappa shape index (κ2) is 8.72. The fourth-order valence-corrected chi connectivity index (χ4v) is 1.10. The molecule has 4 heteroatoms. The molecule has 0 fully saturated rings. The second-order valence-electron chi connectivity index (χ2n) is 3.09. The Balaban J connectivity index is 3.72. The van der Waals surface area contributed by atoms with Crippen LogP contribution < -0.4 is 11.3 Å². The van der Waals surface area contributed by atoms with Crippen molar-refractivity contribution in [3.63, 3.8) is 0 Å². The average molecular weight is 200 g/mol. The maximum atomic E-state index is 11.2. The van der Waals surface area contributed by atoms with E-state index in [0.717, 1.165) is 19.3 Å². The summed E-state index contributed by atoms with van der Waals surface area (Å²) >= 11 is 0. The Morgan fingerprint density at radius 3 is 2.93 bits per heavy atom. The SMILES string of the molecule is C=CCCCOC(CCC)C(=O)NN. The van der Waals surface area contributed by atoms with Crippen LogP contribution in [0.25, 0.3) is 0 Å². The van der Waals surface area contributed by atoms with E-state index in [0.29, 0.717) is 13.0 Å². The Morgan fingerprint density at radius 1 is 1.71 bits per heavy atom. The lowest BCUT2D eigenvalue weighted by Crippen LogP contribution is -2.40. The molecule has 4 nitrogen and oxygen atoms in total. The van der Waals surface area contributed by atoms with Gasteiger partial charge in [-0.3, -0.25) is 10.2 Å². The van der Waals surface area contributed by atoms with Crippen LogP contribution in [-0.4, -0.2) is 18.6 Å². The summed E-state index contributed by atoms with van der Waals surface area (Å²) < 4.78 is 5.40. The molecule has 14 heavy (non-hydrogen) atoms. The van der Waals surface area contributed by atoms with Gasteiger partial charge in [-0.05, 0) is 19.3 Å². The van der Waals surface area contributed by atoms with Crippen LogP contribution in [0, 0.1) is 0 Å². The van der Waals surface area contributed by atoms with Crippen molar-refractivity contribution in [2.24, 2.45) is 5.84 Å². The Hall–Kier alpha value is -0.870. The Kier molecular flexibility index (Phi) is 8.17. The van der Waals surface area contributed by atoms with E-state index in [2.05, 4.69) is 12.0 Å². The van der Waals surface area contributed by atoms with Crippen molar-refractivity contribution in [3.8, 4) is 0 Å². The number of carbonyl (C=O) groups excluding carboxylic acids is 1. The van der Waals surface area contributed by atoms with Crippen LogP contribution in [0.5, 0.6) is 0 Å². The van der Waals surface area contributed by atoms with Crippen molar-refractivity contribution in [2.75, 3.05) is 6.61 Å². The van der Waals surface area contributed by atoms with Gasteiger partial charge in [-0.1, -0.05) is 19.4 Å². The zero-order valence-corrected chi connectivity index (χ0v) is 8.79. The molecule has 0 heterocycles. The Morgan fingerprint density at radius 2 is 2.43 bits per heavy atom. The van der Waals surface area contributed by atoms with E-state index in [-0.39, 0.29) is 5.91 Å². The normalized spacial score (nSPS) is 12.1. The monoisotopic (exact) mass is 200 g/mol. The molecule has 0 aliphatic rings. The highest BCUT2D eigenvalue weighted by atomic mass is 16.5. The van der Waals surface area contributed by atoms with Gasteiger partial charge in [-0.2, -0.15) is 0 Å². The first-order chi connectivity index (χ1) is 6.76. The molecule has 1 unspecified atom stereocenters. The number of hydrogen-bond donors (Lipinski definition) is 2. The number of rotatable bonds is 8. The van der Waals surface area contributed by atoms with Crippen LogP contribution in [0.1, 0.15) is 32.6 Å². The molecule has 82 valence electrons. The van der Waals surface area contributed by atoms with Crippen molar-refractivity contribution in [1.29, 1.82) is 0 Å². The highest BCUT2D eigenvalue weighted by Gasteiger charge is 2.16. The van der Waals surface area contributed by atoms with Gasteiger partial charge in [0.1, 0.15) is 6.10 Å². The maximum absolute atomic E-state index is 11.2. The predicted molar refractivity (Wildman–Crippen MR) is 56.4 cm³/mol. The van der Waals surface area contributed by atoms with Crippen LogP contribution in [0.4, 0.5) is 0 Å². The van der Waals surface area contributed by atoms with Crippen molar-refractivity contribution < 1.29 is 9.53 Å². The van der Waals surface area contributed by atoms with Gasteiger partial charge in [0.15, 0.2) is 0 Å². The standard InChI is InChI=1S/C10H20N2O2/c1-3-5-6-8-14-9(7-4-2)10(13)12-11/h3,9H,1,4-8,11H2,2H3,(H,12,13). The van der Waals surface area contributed by atoms with Crippen LogP contribution in [0.15, 0.2) is 12.7 Å². The number of unbranched alkanes of at least 4 members (excludes halogenated alkanes) is 1. The first-order valence-corrected chi connectivity index (χ1v) is 4.99. The maximum Gasteiger partial charge on any atom is 0.262 e. The number of ether oxygens (including phenoxy) is 1. The van der Waals surface area contributed by atoms with E-state index >= 15 is 0 Å². The van der Waals surface area contributed by atoms with Crippen molar-refractivity contribution in [1.82, 2.24) is 5.43 Å². The molecule has 0 saturated carbocycles. The number of nitrogens with two attached hydrogens (primary N) is 1. The van der Waals surface area contributed by atoms with Gasteiger partial charge in [-0.15, -0.1) is 6.58 Å². The van der Waals surface area contributed by atoms with Gasteiger partial charge < -0.3 is 4.74 Å². The summed E-state index contributed by atoms with van der Waals surface area (Å²) in [5.74, 6) is 4.79. The van der Waals surface area contributed by atoms with Crippen molar-refractivity contribution in [2.45, 2.75) is 38.7 Å². The van der Waals surface area contributed by atoms with E-state index in [1.165, 1.54) is 0 Å². The number of hydrazine groups is 1. The summed E-state index contributed by atoms with van der Waals surface area (Å²) in [7, 11) is 0. The lowest BCUT2D eigenvalue weighted by atomic mass is 10.2. The van der Waals surface area contributed by atoms with Gasteiger partial charge in [0.25, 0.3) is 5.91 Å². The summed E-state index contributed by atoms with van der Waals surface area (Å²) in [6.45, 7) is 6.19. The number of carbonyl (C=O) groups is 1. The number of allylic oxidation sites excluding steroid dienone is 1. The van der Waals surface area contributed by atoms with Crippen LogP contribution in [0.3, 0.4) is 0 Å². The topological polar surface area (TPSA) is 64.3 Å². The third kappa shape index (κ3) is 5.72. The summed E-state index contributed by atoms with van der Waals surface area (Å²) in [5, 5.41) is 0. The van der Waals surface area contributed by atoms with E-state index in [1.807, 2.05) is 13.0 Å². The minimum Gasteiger partial charge on any atom is -0.368 e. The molecule has 1 atom stereocenters. The van der Waals surface area contributed by atoms with Crippen molar-refractivity contribution in [3.05, 3.63) is 12.7 Å². The lowest BCUT2D eigenvalue weighted by Gasteiger charge is -2.14. The third-order valence-electron chi connectivity index (χ3n) is 1.86. The molecule has 0 saturated heterocycles.